The fraction of sp³-hybridized carbons (Fsp3) is 0.462. The van der Waals surface area contributed by atoms with Gasteiger partial charge in [0.25, 0.3) is 0 Å². The lowest BCUT2D eigenvalue weighted by molar-refractivity contribution is 0.172. The largest absolute Gasteiger partial charge is 0.486 e. The fourth-order valence-corrected chi connectivity index (χ4v) is 2.36. The molecule has 1 aromatic carbocycles. The molecule has 19 heavy (non-hydrogen) atoms. The summed E-state index contributed by atoms with van der Waals surface area (Å²) in [6, 6.07) is 3.57. The Labute approximate surface area is 110 Å². The van der Waals surface area contributed by atoms with Gasteiger partial charge < -0.3 is 24.9 Å². The Hall–Kier alpha value is -1.79. The molecular formula is C13H17N3O3. The van der Waals surface area contributed by atoms with E-state index in [1.54, 1.807) is 0 Å². The highest BCUT2D eigenvalue weighted by Gasteiger charge is 2.19. The lowest BCUT2D eigenvalue weighted by Crippen LogP contribution is -2.16. The molecule has 6 heteroatoms. The number of rotatable bonds is 3. The van der Waals surface area contributed by atoms with E-state index < -0.39 is 0 Å². The summed E-state index contributed by atoms with van der Waals surface area (Å²) in [4.78, 5) is 4.53. The summed E-state index contributed by atoms with van der Waals surface area (Å²) in [7, 11) is 0. The molecular weight excluding hydrogens is 246 g/mol. The normalized spacial score (nSPS) is 15.7. The Morgan fingerprint density at radius 2 is 2.05 bits per heavy atom. The molecule has 0 amide bonds. The van der Waals surface area contributed by atoms with Crippen molar-refractivity contribution in [1.29, 1.82) is 0 Å². The summed E-state index contributed by atoms with van der Waals surface area (Å²) in [6.07, 6.45) is 0. The Balaban J connectivity index is 2.20. The van der Waals surface area contributed by atoms with E-state index in [9.17, 15) is 5.11 Å². The van der Waals surface area contributed by atoms with Crippen LogP contribution in [0.1, 0.15) is 18.8 Å². The first-order valence-corrected chi connectivity index (χ1v) is 6.37. The summed E-state index contributed by atoms with van der Waals surface area (Å²) in [5.74, 6) is 2.18. The number of hydrogen-bond acceptors (Lipinski definition) is 5. The topological polar surface area (TPSA) is 82.5 Å². The number of aliphatic hydroxyl groups is 1. The van der Waals surface area contributed by atoms with Gasteiger partial charge in [0.2, 0.25) is 0 Å². The maximum atomic E-state index is 9.20. The molecule has 1 atom stereocenters. The number of hydrogen-bond donors (Lipinski definition) is 2. The summed E-state index contributed by atoms with van der Waals surface area (Å²) in [6.45, 7) is 3.48. The number of imidazole rings is 1. The van der Waals surface area contributed by atoms with Crippen molar-refractivity contribution >= 4 is 11.0 Å². The third-order valence-corrected chi connectivity index (χ3v) is 3.17. The van der Waals surface area contributed by atoms with Gasteiger partial charge in [-0.05, 0) is 6.92 Å². The van der Waals surface area contributed by atoms with Crippen LogP contribution in [0.4, 0.5) is 0 Å². The van der Waals surface area contributed by atoms with Crippen molar-refractivity contribution in [3.63, 3.8) is 0 Å². The number of ether oxygens (including phenoxy) is 2. The van der Waals surface area contributed by atoms with Crippen LogP contribution in [0.3, 0.4) is 0 Å². The van der Waals surface area contributed by atoms with E-state index in [4.69, 9.17) is 15.2 Å². The highest BCUT2D eigenvalue weighted by molar-refractivity contribution is 5.81. The van der Waals surface area contributed by atoms with E-state index in [0.29, 0.717) is 31.3 Å². The molecule has 2 aromatic rings. The molecule has 0 aliphatic carbocycles. The van der Waals surface area contributed by atoms with Crippen molar-refractivity contribution < 1.29 is 14.6 Å². The third kappa shape index (κ3) is 2.02. The SMILES string of the molecule is CC(N)c1nc2cc3c(cc2n1CCO)OCCO3. The molecule has 1 aliphatic heterocycles. The maximum absolute atomic E-state index is 9.20. The Morgan fingerprint density at radius 1 is 1.37 bits per heavy atom. The summed E-state index contributed by atoms with van der Waals surface area (Å²) < 4.78 is 13.0. The molecule has 3 N–H and O–H groups in total. The highest BCUT2D eigenvalue weighted by Crippen LogP contribution is 2.35. The zero-order chi connectivity index (χ0) is 13.4. The molecule has 0 radical (unpaired) electrons. The summed E-state index contributed by atoms with van der Waals surface area (Å²) in [5, 5.41) is 9.20. The number of aliphatic hydroxyl groups excluding tert-OH is 1. The maximum Gasteiger partial charge on any atom is 0.163 e. The van der Waals surface area contributed by atoms with Crippen molar-refractivity contribution in [3.05, 3.63) is 18.0 Å². The number of nitrogens with two attached hydrogens (primary N) is 1. The van der Waals surface area contributed by atoms with Gasteiger partial charge in [0.05, 0.1) is 23.7 Å². The predicted molar refractivity (Wildman–Crippen MR) is 70.4 cm³/mol. The third-order valence-electron chi connectivity index (χ3n) is 3.17. The van der Waals surface area contributed by atoms with Gasteiger partial charge in [0, 0.05) is 18.7 Å². The molecule has 1 aliphatic rings. The molecule has 0 spiro atoms. The fourth-order valence-electron chi connectivity index (χ4n) is 2.36. The molecule has 102 valence electrons. The average Bonchev–Trinajstić information content (AvgIpc) is 2.75. The average molecular weight is 263 g/mol. The van der Waals surface area contributed by atoms with Crippen LogP contribution in [0.15, 0.2) is 12.1 Å². The lowest BCUT2D eigenvalue weighted by Gasteiger charge is -2.18. The molecule has 0 saturated carbocycles. The van der Waals surface area contributed by atoms with E-state index in [-0.39, 0.29) is 12.6 Å². The minimum atomic E-state index is -0.196. The van der Waals surface area contributed by atoms with Crippen LogP contribution >= 0.6 is 0 Å². The number of nitrogens with zero attached hydrogens (tertiary/aromatic N) is 2. The molecule has 6 nitrogen and oxygen atoms in total. The zero-order valence-corrected chi connectivity index (χ0v) is 10.8. The van der Waals surface area contributed by atoms with Crippen molar-refractivity contribution in [2.75, 3.05) is 19.8 Å². The first-order valence-electron chi connectivity index (χ1n) is 6.37. The van der Waals surface area contributed by atoms with Gasteiger partial charge in [-0.2, -0.15) is 0 Å². The molecule has 1 unspecified atom stereocenters. The van der Waals surface area contributed by atoms with Crippen LogP contribution in [0.5, 0.6) is 11.5 Å². The second-order valence-electron chi connectivity index (χ2n) is 4.62. The van der Waals surface area contributed by atoms with Crippen molar-refractivity contribution in [1.82, 2.24) is 9.55 Å². The Morgan fingerprint density at radius 3 is 2.68 bits per heavy atom. The van der Waals surface area contributed by atoms with Crippen LogP contribution in [0.25, 0.3) is 11.0 Å². The molecule has 0 fully saturated rings. The smallest absolute Gasteiger partial charge is 0.163 e. The van der Waals surface area contributed by atoms with E-state index in [1.807, 2.05) is 23.6 Å². The van der Waals surface area contributed by atoms with Gasteiger partial charge in [0.1, 0.15) is 19.0 Å². The first-order chi connectivity index (χ1) is 9.20. The first kappa shape index (κ1) is 12.3. The van der Waals surface area contributed by atoms with Gasteiger partial charge in [0.15, 0.2) is 11.5 Å². The lowest BCUT2D eigenvalue weighted by atomic mass is 10.2. The second-order valence-corrected chi connectivity index (χ2v) is 4.62. The van der Waals surface area contributed by atoms with Gasteiger partial charge in [-0.3, -0.25) is 0 Å². The van der Waals surface area contributed by atoms with Crippen LogP contribution in [-0.4, -0.2) is 34.5 Å². The van der Waals surface area contributed by atoms with Gasteiger partial charge >= 0.3 is 0 Å². The zero-order valence-electron chi connectivity index (χ0n) is 10.8. The molecule has 2 heterocycles. The van der Waals surface area contributed by atoms with Gasteiger partial charge in [-0.1, -0.05) is 0 Å². The van der Waals surface area contributed by atoms with Crippen molar-refractivity contribution in [2.45, 2.75) is 19.5 Å². The Kier molecular flexibility index (Phi) is 3.04. The van der Waals surface area contributed by atoms with E-state index >= 15 is 0 Å². The van der Waals surface area contributed by atoms with Gasteiger partial charge in [-0.15, -0.1) is 0 Å². The Bertz CT molecular complexity index is 607. The minimum absolute atomic E-state index is 0.0413. The number of fused-ring (bicyclic) bond motifs is 2. The van der Waals surface area contributed by atoms with Gasteiger partial charge in [-0.25, -0.2) is 4.98 Å². The molecule has 0 bridgehead atoms. The van der Waals surface area contributed by atoms with Crippen molar-refractivity contribution in [3.8, 4) is 11.5 Å². The van der Waals surface area contributed by atoms with Crippen LogP contribution in [-0.2, 0) is 6.54 Å². The minimum Gasteiger partial charge on any atom is -0.486 e. The highest BCUT2D eigenvalue weighted by atomic mass is 16.6. The van der Waals surface area contributed by atoms with Crippen LogP contribution in [0.2, 0.25) is 0 Å². The van der Waals surface area contributed by atoms with E-state index in [2.05, 4.69) is 4.98 Å². The summed E-state index contributed by atoms with van der Waals surface area (Å²) in [5.41, 5.74) is 7.65. The van der Waals surface area contributed by atoms with Crippen molar-refractivity contribution in [2.24, 2.45) is 5.73 Å². The molecule has 1 aromatic heterocycles. The predicted octanol–water partition coefficient (Wildman–Crippen LogP) is 0.820. The monoisotopic (exact) mass is 263 g/mol. The van der Waals surface area contributed by atoms with E-state index in [1.165, 1.54) is 0 Å². The standard InChI is InChI=1S/C13H17N3O3/c1-8(14)13-15-9-6-11-12(19-5-4-18-11)7-10(9)16(13)2-3-17/h6-8,17H,2-5,14H2,1H3. The molecule has 0 saturated heterocycles. The van der Waals surface area contributed by atoms with E-state index in [0.717, 1.165) is 16.9 Å². The number of benzene rings is 1. The van der Waals surface area contributed by atoms with Crippen LogP contribution in [0, 0.1) is 0 Å². The summed E-state index contributed by atoms with van der Waals surface area (Å²) >= 11 is 0. The number of aromatic nitrogens is 2. The second kappa shape index (κ2) is 4.71. The quantitative estimate of drug-likeness (QED) is 0.856. The molecule has 3 rings (SSSR count). The van der Waals surface area contributed by atoms with Crippen LogP contribution < -0.4 is 15.2 Å².